The van der Waals surface area contributed by atoms with Gasteiger partial charge in [0.2, 0.25) is 0 Å². The first kappa shape index (κ1) is 25.3. The van der Waals surface area contributed by atoms with Crippen LogP contribution in [0.1, 0.15) is 64.9 Å². The van der Waals surface area contributed by atoms with Crippen molar-refractivity contribution in [2.24, 2.45) is 0 Å². The van der Waals surface area contributed by atoms with Gasteiger partial charge in [-0.05, 0) is 72.4 Å². The van der Waals surface area contributed by atoms with Gasteiger partial charge < -0.3 is 4.74 Å². The molecule has 184 valence electrons. The molecule has 4 rings (SSSR count). The van der Waals surface area contributed by atoms with E-state index in [1.807, 2.05) is 37.3 Å². The molecule has 0 heterocycles. The molecule has 4 aromatic carbocycles. The Bertz CT molecular complexity index is 1250. The minimum absolute atomic E-state index is 0.268. The summed E-state index contributed by atoms with van der Waals surface area (Å²) in [6.45, 7) is 4.13. The minimum Gasteiger partial charge on any atom is -0.449 e. The fourth-order valence-corrected chi connectivity index (χ4v) is 4.20. The molecular formula is C32H30F2O2. The van der Waals surface area contributed by atoms with Crippen LogP contribution in [0.3, 0.4) is 0 Å². The van der Waals surface area contributed by atoms with Crippen molar-refractivity contribution in [2.75, 3.05) is 0 Å². The molecule has 0 aromatic heterocycles. The molecule has 0 fully saturated rings. The van der Waals surface area contributed by atoms with Gasteiger partial charge in [0.1, 0.15) is 11.6 Å². The minimum atomic E-state index is -0.684. The summed E-state index contributed by atoms with van der Waals surface area (Å²) in [4.78, 5) is 13.0. The predicted octanol–water partition coefficient (Wildman–Crippen LogP) is 8.62. The number of hydrogen-bond donors (Lipinski definition) is 0. The molecule has 36 heavy (non-hydrogen) atoms. The highest BCUT2D eigenvalue weighted by Crippen LogP contribution is 2.29. The second-order valence-corrected chi connectivity index (χ2v) is 9.10. The lowest BCUT2D eigenvalue weighted by Gasteiger charge is -2.19. The Morgan fingerprint density at radius 1 is 0.806 bits per heavy atom. The van der Waals surface area contributed by atoms with E-state index in [1.54, 1.807) is 48.5 Å². The van der Waals surface area contributed by atoms with Crippen molar-refractivity contribution in [1.82, 2.24) is 0 Å². The number of rotatable bonds is 9. The van der Waals surface area contributed by atoms with Crippen LogP contribution in [0.2, 0.25) is 0 Å². The van der Waals surface area contributed by atoms with E-state index >= 15 is 0 Å². The molecule has 0 radical (unpaired) electrons. The lowest BCUT2D eigenvalue weighted by atomic mass is 9.99. The van der Waals surface area contributed by atoms with Gasteiger partial charge in [-0.2, -0.15) is 0 Å². The molecule has 4 heteroatoms. The molecule has 0 aliphatic carbocycles. The normalized spacial score (nSPS) is 11.8. The molecule has 2 nitrogen and oxygen atoms in total. The second-order valence-electron chi connectivity index (χ2n) is 9.10. The lowest BCUT2D eigenvalue weighted by Crippen LogP contribution is -2.13. The Hall–Kier alpha value is -3.79. The first-order valence-electron chi connectivity index (χ1n) is 12.4. The predicted molar refractivity (Wildman–Crippen MR) is 140 cm³/mol. The van der Waals surface area contributed by atoms with Crippen molar-refractivity contribution in [3.05, 3.63) is 130 Å². The SMILES string of the molecule is CCCCCc1ccc(-c2ccc(C(=O)OC(c3ccc(C)cc3)c3ccc(F)cc3)cc2)c(F)c1. The van der Waals surface area contributed by atoms with Gasteiger partial charge in [-0.25, -0.2) is 13.6 Å². The van der Waals surface area contributed by atoms with Crippen LogP contribution < -0.4 is 0 Å². The molecule has 0 bridgehead atoms. The molecule has 0 aliphatic rings. The average Bonchev–Trinajstić information content (AvgIpc) is 2.89. The number of benzene rings is 4. The van der Waals surface area contributed by atoms with Gasteiger partial charge in [-0.15, -0.1) is 0 Å². The quantitative estimate of drug-likeness (QED) is 0.176. The molecule has 0 saturated carbocycles. The summed E-state index contributed by atoms with van der Waals surface area (Å²) in [5, 5.41) is 0. The lowest BCUT2D eigenvalue weighted by molar-refractivity contribution is 0.0378. The Morgan fingerprint density at radius 3 is 2.06 bits per heavy atom. The average molecular weight is 485 g/mol. The number of carbonyl (C=O) groups excluding carboxylic acids is 1. The van der Waals surface area contributed by atoms with Gasteiger partial charge >= 0.3 is 5.97 Å². The number of halogens is 2. The summed E-state index contributed by atoms with van der Waals surface area (Å²) in [5.41, 5.74) is 5.09. The zero-order valence-electron chi connectivity index (χ0n) is 20.6. The molecule has 0 N–H and O–H groups in total. The van der Waals surface area contributed by atoms with Crippen molar-refractivity contribution in [3.8, 4) is 11.1 Å². The first-order chi connectivity index (χ1) is 17.4. The van der Waals surface area contributed by atoms with E-state index in [9.17, 15) is 13.6 Å². The summed E-state index contributed by atoms with van der Waals surface area (Å²) < 4.78 is 34.2. The fraction of sp³-hybridized carbons (Fsp3) is 0.219. The largest absolute Gasteiger partial charge is 0.449 e. The zero-order chi connectivity index (χ0) is 25.5. The van der Waals surface area contributed by atoms with E-state index < -0.39 is 12.1 Å². The highest BCUT2D eigenvalue weighted by molar-refractivity contribution is 5.90. The van der Waals surface area contributed by atoms with E-state index in [2.05, 4.69) is 6.92 Å². The van der Waals surface area contributed by atoms with E-state index in [-0.39, 0.29) is 11.6 Å². The van der Waals surface area contributed by atoms with Crippen LogP contribution in [0.4, 0.5) is 8.78 Å². The Labute approximate surface area is 211 Å². The number of hydrogen-bond acceptors (Lipinski definition) is 2. The smallest absolute Gasteiger partial charge is 0.339 e. The van der Waals surface area contributed by atoms with E-state index in [1.165, 1.54) is 12.1 Å². The van der Waals surface area contributed by atoms with E-state index in [0.29, 0.717) is 22.3 Å². The third kappa shape index (κ3) is 6.25. The van der Waals surface area contributed by atoms with Crippen molar-refractivity contribution >= 4 is 5.97 Å². The molecule has 4 aromatic rings. The van der Waals surface area contributed by atoms with Gasteiger partial charge in [0.05, 0.1) is 5.56 Å². The number of esters is 1. The summed E-state index contributed by atoms with van der Waals surface area (Å²) >= 11 is 0. The van der Waals surface area contributed by atoms with Crippen LogP contribution >= 0.6 is 0 Å². The van der Waals surface area contributed by atoms with Crippen LogP contribution in [0.15, 0.2) is 91.0 Å². The van der Waals surface area contributed by atoms with Crippen molar-refractivity contribution < 1.29 is 18.3 Å². The van der Waals surface area contributed by atoms with Crippen LogP contribution in [0, 0.1) is 18.6 Å². The summed E-state index contributed by atoms with van der Waals surface area (Å²) in [6.07, 6.45) is 3.49. The van der Waals surface area contributed by atoms with E-state index in [4.69, 9.17) is 4.74 Å². The van der Waals surface area contributed by atoms with Gasteiger partial charge in [0, 0.05) is 5.56 Å². The summed E-state index contributed by atoms with van der Waals surface area (Å²) in [5.74, 6) is -1.14. The van der Waals surface area contributed by atoms with Gasteiger partial charge in [0.15, 0.2) is 6.10 Å². The van der Waals surface area contributed by atoms with Crippen molar-refractivity contribution in [3.63, 3.8) is 0 Å². The first-order valence-corrected chi connectivity index (χ1v) is 12.4. The maximum absolute atomic E-state index is 14.8. The highest BCUT2D eigenvalue weighted by atomic mass is 19.1. The molecule has 0 spiro atoms. The third-order valence-electron chi connectivity index (χ3n) is 6.31. The van der Waals surface area contributed by atoms with Crippen LogP contribution in [-0.2, 0) is 11.2 Å². The second kappa shape index (κ2) is 11.8. The number of carbonyl (C=O) groups is 1. The summed E-state index contributed by atoms with van der Waals surface area (Å²) in [7, 11) is 0. The molecule has 1 atom stereocenters. The topological polar surface area (TPSA) is 26.3 Å². The molecule has 0 saturated heterocycles. The van der Waals surface area contributed by atoms with Crippen LogP contribution in [0.25, 0.3) is 11.1 Å². The maximum atomic E-state index is 14.8. The Morgan fingerprint density at radius 2 is 1.44 bits per heavy atom. The molecule has 0 amide bonds. The van der Waals surface area contributed by atoms with Crippen LogP contribution in [0.5, 0.6) is 0 Å². The molecular weight excluding hydrogens is 454 g/mol. The highest BCUT2D eigenvalue weighted by Gasteiger charge is 2.20. The molecule has 1 unspecified atom stereocenters. The van der Waals surface area contributed by atoms with Gasteiger partial charge in [-0.3, -0.25) is 0 Å². The number of unbranched alkanes of at least 4 members (excludes halogenated alkanes) is 2. The van der Waals surface area contributed by atoms with Gasteiger partial charge in [0.25, 0.3) is 0 Å². The number of aryl methyl sites for hydroxylation is 2. The van der Waals surface area contributed by atoms with Gasteiger partial charge in [-0.1, -0.05) is 86.0 Å². The van der Waals surface area contributed by atoms with Crippen molar-refractivity contribution in [2.45, 2.75) is 45.6 Å². The maximum Gasteiger partial charge on any atom is 0.339 e. The summed E-state index contributed by atoms with van der Waals surface area (Å²) in [6, 6.07) is 25.7. The Kier molecular flexibility index (Phi) is 8.27. The fourth-order valence-electron chi connectivity index (χ4n) is 4.20. The molecule has 0 aliphatic heterocycles. The monoisotopic (exact) mass is 484 g/mol. The number of ether oxygens (including phenoxy) is 1. The van der Waals surface area contributed by atoms with E-state index in [0.717, 1.165) is 42.4 Å². The standard InChI is InChI=1S/C32H30F2O2/c1-3-4-5-6-23-9-20-29(30(34)21-23)24-12-14-27(15-13-24)32(35)36-31(25-10-7-22(2)8-11-25)26-16-18-28(33)19-17-26/h7-21,31H,3-6H2,1-2H3. The zero-order valence-corrected chi connectivity index (χ0v) is 20.6. The third-order valence-corrected chi connectivity index (χ3v) is 6.31. The van der Waals surface area contributed by atoms with Crippen molar-refractivity contribution in [1.29, 1.82) is 0 Å². The Balaban J connectivity index is 1.52. The van der Waals surface area contributed by atoms with Crippen LogP contribution in [-0.4, -0.2) is 5.97 Å².